The van der Waals surface area contributed by atoms with Gasteiger partial charge in [0.1, 0.15) is 28.8 Å². The number of aryl methyl sites for hydroxylation is 1. The van der Waals surface area contributed by atoms with E-state index in [1.54, 1.807) is 22.0 Å². The van der Waals surface area contributed by atoms with Crippen LogP contribution in [0.4, 0.5) is 22.4 Å². The number of rotatable bonds is 8. The molecule has 1 aliphatic heterocycles. The number of anilines is 3. The summed E-state index contributed by atoms with van der Waals surface area (Å²) < 4.78 is 6.97. The van der Waals surface area contributed by atoms with Crippen LogP contribution in [0.3, 0.4) is 0 Å². The topological polar surface area (TPSA) is 146 Å². The number of amides is 2. The van der Waals surface area contributed by atoms with Gasteiger partial charge in [-0.2, -0.15) is 15.3 Å². The molecule has 4 heterocycles. The predicted octanol–water partition coefficient (Wildman–Crippen LogP) is 3.58. The van der Waals surface area contributed by atoms with Crippen LogP contribution < -0.4 is 20.9 Å². The van der Waals surface area contributed by atoms with Gasteiger partial charge >= 0.3 is 6.03 Å². The Morgan fingerprint density at radius 3 is 2.63 bits per heavy atom. The summed E-state index contributed by atoms with van der Waals surface area (Å²) >= 11 is 0. The van der Waals surface area contributed by atoms with Gasteiger partial charge < -0.3 is 20.7 Å². The first-order valence-corrected chi connectivity index (χ1v) is 13.8. The molecule has 1 aliphatic carbocycles. The Kier molecular flexibility index (Phi) is 7.60. The number of hydrogen-bond acceptors (Lipinski definition) is 9. The summed E-state index contributed by atoms with van der Waals surface area (Å²) in [4.78, 5) is 29.0. The lowest BCUT2D eigenvalue weighted by atomic mass is 9.90. The number of pyridine rings is 1. The van der Waals surface area contributed by atoms with Gasteiger partial charge in [0.05, 0.1) is 31.6 Å². The number of nitrogens with zero attached hydrogens (tertiary/aromatic N) is 7. The number of ether oxygens (including phenoxy) is 1. The predicted molar refractivity (Wildman–Crippen MR) is 154 cm³/mol. The van der Waals surface area contributed by atoms with Gasteiger partial charge in [-0.15, -0.1) is 0 Å². The van der Waals surface area contributed by atoms with E-state index in [0.29, 0.717) is 42.9 Å². The second-order valence-electron chi connectivity index (χ2n) is 10.5. The molecule has 0 bridgehead atoms. The second-order valence-corrected chi connectivity index (χ2v) is 10.5. The summed E-state index contributed by atoms with van der Waals surface area (Å²) in [7, 11) is 1.87. The highest BCUT2D eigenvalue weighted by atomic mass is 16.5. The minimum Gasteiger partial charge on any atom is -0.377 e. The van der Waals surface area contributed by atoms with Crippen molar-refractivity contribution in [2.24, 2.45) is 7.05 Å². The third-order valence-electron chi connectivity index (χ3n) is 7.53. The Bertz CT molecular complexity index is 1560. The first kappa shape index (κ1) is 26.5. The maximum Gasteiger partial charge on any atom is 0.323 e. The maximum atomic E-state index is 13.6. The van der Waals surface area contributed by atoms with Crippen molar-refractivity contribution in [2.45, 2.75) is 50.4 Å². The molecule has 0 spiro atoms. The van der Waals surface area contributed by atoms with Crippen molar-refractivity contribution in [1.29, 1.82) is 5.26 Å². The smallest absolute Gasteiger partial charge is 0.323 e. The number of aromatic nitrogens is 5. The molecule has 0 atom stereocenters. The fourth-order valence-electron chi connectivity index (χ4n) is 5.30. The lowest BCUT2D eigenvalue weighted by Crippen LogP contribution is -2.49. The molecule has 210 valence electrons. The Labute approximate surface area is 237 Å². The summed E-state index contributed by atoms with van der Waals surface area (Å²) in [5, 5.41) is 24.6. The summed E-state index contributed by atoms with van der Waals surface area (Å²) in [5.41, 5.74) is 2.22. The van der Waals surface area contributed by atoms with Crippen LogP contribution in [-0.2, 0) is 18.3 Å². The fourth-order valence-corrected chi connectivity index (χ4v) is 5.30. The lowest BCUT2D eigenvalue weighted by Gasteiger charge is -2.36. The van der Waals surface area contributed by atoms with Crippen molar-refractivity contribution in [1.82, 2.24) is 30.0 Å². The normalized spacial score (nSPS) is 18.7. The Hall–Kier alpha value is -4.76. The minimum absolute atomic E-state index is 0.0248. The zero-order valence-electron chi connectivity index (χ0n) is 22.8. The van der Waals surface area contributed by atoms with Crippen molar-refractivity contribution in [3.63, 3.8) is 0 Å². The van der Waals surface area contributed by atoms with E-state index < -0.39 is 0 Å². The van der Waals surface area contributed by atoms with Crippen LogP contribution in [0.2, 0.25) is 0 Å². The van der Waals surface area contributed by atoms with Gasteiger partial charge in [-0.3, -0.25) is 9.58 Å². The third-order valence-corrected chi connectivity index (χ3v) is 7.53. The molecular formula is C29H32N10O2. The van der Waals surface area contributed by atoms with E-state index in [-0.39, 0.29) is 24.2 Å². The minimum atomic E-state index is -0.174. The highest BCUT2D eigenvalue weighted by molar-refractivity contribution is 5.93. The highest BCUT2D eigenvalue weighted by Gasteiger charge is 2.31. The number of hydrogen-bond donors (Lipinski definition) is 3. The Balaban J connectivity index is 1.15. The molecule has 41 heavy (non-hydrogen) atoms. The SMILES string of the molecule is Cn1cc2cc(N(C(=O)NCc3ccccc3)[C@H]3CC[C@H](Nc4ncc(C#N)c(NC5COC5)n4)CC3)ncc2n1. The van der Waals surface area contributed by atoms with Gasteiger partial charge in [-0.05, 0) is 37.3 Å². The molecule has 1 aromatic carbocycles. The maximum absolute atomic E-state index is 13.6. The molecule has 2 amide bonds. The second kappa shape index (κ2) is 11.8. The van der Waals surface area contributed by atoms with Gasteiger partial charge in [0.25, 0.3) is 0 Å². The van der Waals surface area contributed by atoms with Crippen LogP contribution in [0.15, 0.2) is 55.0 Å². The third kappa shape index (κ3) is 6.05. The molecule has 12 nitrogen and oxygen atoms in total. The largest absolute Gasteiger partial charge is 0.377 e. The molecule has 3 aromatic heterocycles. The Morgan fingerprint density at radius 1 is 1.10 bits per heavy atom. The Morgan fingerprint density at radius 2 is 1.90 bits per heavy atom. The zero-order chi connectivity index (χ0) is 28.2. The molecule has 6 rings (SSSR count). The number of nitrogens with one attached hydrogen (secondary N) is 3. The van der Waals surface area contributed by atoms with Crippen LogP contribution in [0.25, 0.3) is 10.9 Å². The van der Waals surface area contributed by atoms with Gasteiger partial charge in [0.15, 0.2) is 0 Å². The van der Waals surface area contributed by atoms with Crippen molar-refractivity contribution in [3.05, 3.63) is 66.1 Å². The summed E-state index contributed by atoms with van der Waals surface area (Å²) in [6.07, 6.45) is 8.41. The van der Waals surface area contributed by atoms with E-state index in [1.807, 2.05) is 49.6 Å². The summed E-state index contributed by atoms with van der Waals surface area (Å²) in [6.45, 7) is 1.63. The van der Waals surface area contributed by atoms with E-state index in [4.69, 9.17) is 4.74 Å². The van der Waals surface area contributed by atoms with Crippen LogP contribution in [0.1, 0.15) is 36.8 Å². The number of nitriles is 1. The van der Waals surface area contributed by atoms with E-state index in [0.717, 1.165) is 42.1 Å². The van der Waals surface area contributed by atoms with Crippen molar-refractivity contribution in [3.8, 4) is 6.07 Å². The van der Waals surface area contributed by atoms with Gasteiger partial charge in [-0.25, -0.2) is 14.8 Å². The number of carbonyl (C=O) groups excluding carboxylic acids is 1. The van der Waals surface area contributed by atoms with Crippen LogP contribution in [0, 0.1) is 11.3 Å². The molecule has 0 unspecified atom stereocenters. The van der Waals surface area contributed by atoms with Crippen molar-refractivity contribution in [2.75, 3.05) is 28.7 Å². The molecular weight excluding hydrogens is 520 g/mol. The average Bonchev–Trinajstić information content (AvgIpc) is 3.35. The number of benzene rings is 1. The monoisotopic (exact) mass is 552 g/mol. The summed E-state index contributed by atoms with van der Waals surface area (Å²) in [6, 6.07) is 14.0. The van der Waals surface area contributed by atoms with Crippen molar-refractivity contribution < 1.29 is 9.53 Å². The number of carbonyl (C=O) groups is 1. The van der Waals surface area contributed by atoms with E-state index in [9.17, 15) is 10.1 Å². The number of fused-ring (bicyclic) bond motifs is 1. The molecule has 1 saturated carbocycles. The van der Waals surface area contributed by atoms with Gasteiger partial charge in [0, 0.05) is 37.3 Å². The first-order valence-electron chi connectivity index (χ1n) is 13.8. The van der Waals surface area contributed by atoms with E-state index in [1.165, 1.54) is 0 Å². The van der Waals surface area contributed by atoms with Crippen molar-refractivity contribution >= 4 is 34.5 Å². The average molecular weight is 553 g/mol. The summed E-state index contributed by atoms with van der Waals surface area (Å²) in [5.74, 6) is 1.61. The molecule has 1 saturated heterocycles. The molecule has 0 radical (unpaired) electrons. The van der Waals surface area contributed by atoms with E-state index >= 15 is 0 Å². The van der Waals surface area contributed by atoms with Crippen LogP contribution in [-0.4, -0.2) is 62.1 Å². The molecule has 3 N–H and O–H groups in total. The van der Waals surface area contributed by atoms with Crippen LogP contribution in [0.5, 0.6) is 0 Å². The molecule has 4 aromatic rings. The standard InChI is InChI=1S/C29H32N10O2/c1-38-16-20-11-26(31-15-25(20)37-38)39(29(40)33-13-19-5-3-2-4-6-19)24-9-7-22(8-10-24)35-28-32-14-21(12-30)27(36-28)34-23-17-41-18-23/h2-6,11,14-16,22-24H,7-10,13,17-18H2,1H3,(H,33,40)(H2,32,34,35,36)/t22-,24-. The zero-order valence-corrected chi connectivity index (χ0v) is 22.8. The molecule has 12 heteroatoms. The van der Waals surface area contributed by atoms with E-state index in [2.05, 4.69) is 42.1 Å². The molecule has 2 fully saturated rings. The molecule has 2 aliphatic rings. The van der Waals surface area contributed by atoms with Crippen LogP contribution >= 0.6 is 0 Å². The highest BCUT2D eigenvalue weighted by Crippen LogP contribution is 2.30. The number of urea groups is 1. The first-order chi connectivity index (χ1) is 20.1. The lowest BCUT2D eigenvalue weighted by molar-refractivity contribution is 0.0209. The van der Waals surface area contributed by atoms with Gasteiger partial charge in [0.2, 0.25) is 5.95 Å². The van der Waals surface area contributed by atoms with Gasteiger partial charge in [-0.1, -0.05) is 30.3 Å². The fraction of sp³-hybridized carbons (Fsp3) is 0.379. The quantitative estimate of drug-likeness (QED) is 0.298.